The Labute approximate surface area is 153 Å². The molecule has 0 aromatic rings. The van der Waals surface area contributed by atoms with Gasteiger partial charge in [-0.15, -0.1) is 11.8 Å². The van der Waals surface area contributed by atoms with Crippen molar-refractivity contribution in [3.63, 3.8) is 0 Å². The maximum Gasteiger partial charge on any atom is 0.192 e. The van der Waals surface area contributed by atoms with E-state index in [1.54, 1.807) is 0 Å². The molecule has 4 aliphatic heterocycles. The van der Waals surface area contributed by atoms with Crippen LogP contribution in [0.25, 0.3) is 0 Å². The van der Waals surface area contributed by atoms with Crippen LogP contribution >= 0.6 is 11.8 Å². The van der Waals surface area contributed by atoms with Gasteiger partial charge in [-0.2, -0.15) is 0 Å². The summed E-state index contributed by atoms with van der Waals surface area (Å²) in [4.78, 5) is 6.06. The summed E-state index contributed by atoms with van der Waals surface area (Å²) in [5, 5.41) is 4.59. The van der Waals surface area contributed by atoms with Gasteiger partial charge < -0.3 is 10.1 Å². The molecule has 1 aliphatic carbocycles. The van der Waals surface area contributed by atoms with Crippen LogP contribution < -0.4 is 5.32 Å². The first kappa shape index (κ1) is 12.6. The number of nitrogens with zero attached hydrogens (tertiary/aromatic N) is 1. The molecule has 4 heteroatoms. The maximum absolute atomic E-state index is 7.68. The van der Waals surface area contributed by atoms with Crippen molar-refractivity contribution < 1.29 is 8.85 Å². The lowest BCUT2D eigenvalue weighted by Gasteiger charge is -2.33. The van der Waals surface area contributed by atoms with Gasteiger partial charge >= 0.3 is 0 Å². The normalized spacial score (nSPS) is 46.6. The molecule has 0 bridgehead atoms. The van der Waals surface area contributed by atoms with E-state index < -0.39 is 6.85 Å². The molecule has 0 aromatic heterocycles. The van der Waals surface area contributed by atoms with E-state index in [0.717, 1.165) is 31.4 Å². The van der Waals surface area contributed by atoms with Crippen LogP contribution in [0.3, 0.4) is 0 Å². The molecular formula is C20H28N2OS. The first-order chi connectivity index (χ1) is 12.9. The second kappa shape index (κ2) is 5.91. The number of hydrogen-bond donors (Lipinski definition) is 1. The molecule has 3 nitrogen and oxygen atoms in total. The molecule has 0 aromatic carbocycles. The van der Waals surface area contributed by atoms with Gasteiger partial charge in [-0.25, -0.2) is 0 Å². The van der Waals surface area contributed by atoms with Crippen molar-refractivity contribution in [1.29, 1.82) is 0 Å². The molecule has 0 spiro atoms. The number of thioether (sulfide) groups is 1. The maximum atomic E-state index is 7.68. The summed E-state index contributed by atoms with van der Waals surface area (Å²) < 4.78 is 29.4. The lowest BCUT2D eigenvalue weighted by atomic mass is 9.76. The quantitative estimate of drug-likeness (QED) is 0.763. The highest BCUT2D eigenvalue weighted by Gasteiger charge is 2.46. The predicted octanol–water partition coefficient (Wildman–Crippen LogP) is 4.41. The molecule has 2 fully saturated rings. The molecule has 1 N–H and O–H groups in total. The van der Waals surface area contributed by atoms with Crippen molar-refractivity contribution in [2.45, 2.75) is 82.3 Å². The first-order valence-corrected chi connectivity index (χ1v) is 10.4. The average Bonchev–Trinajstić information content (AvgIpc) is 3.18. The van der Waals surface area contributed by atoms with Crippen molar-refractivity contribution in [2.75, 3.05) is 0 Å². The number of allylic oxidation sites excluding steroid dienone is 1. The van der Waals surface area contributed by atoms with Crippen LogP contribution in [0.15, 0.2) is 27.3 Å². The average molecular weight is 348 g/mol. The van der Waals surface area contributed by atoms with Crippen LogP contribution in [0.1, 0.15) is 62.8 Å². The topological polar surface area (TPSA) is 33.6 Å². The van der Waals surface area contributed by atoms with E-state index >= 15 is 0 Å². The first-order valence-electron chi connectivity index (χ1n) is 11.0. The van der Waals surface area contributed by atoms with Crippen molar-refractivity contribution in [3.8, 4) is 0 Å². The Kier molecular flexibility index (Phi) is 3.10. The molecule has 2 saturated heterocycles. The molecule has 6 atom stereocenters. The van der Waals surface area contributed by atoms with Crippen LogP contribution in [0, 0.1) is 11.8 Å². The minimum atomic E-state index is -2.08. The second-order valence-electron chi connectivity index (χ2n) is 7.95. The molecule has 0 amide bonds. The van der Waals surface area contributed by atoms with Gasteiger partial charge in [0.05, 0.1) is 0 Å². The van der Waals surface area contributed by atoms with Gasteiger partial charge in [-0.05, 0) is 62.3 Å². The molecule has 5 unspecified atom stereocenters. The Bertz CT molecular complexity index is 729. The van der Waals surface area contributed by atoms with Crippen molar-refractivity contribution in [1.82, 2.24) is 5.32 Å². The Morgan fingerprint density at radius 2 is 2.29 bits per heavy atom. The third-order valence-electron chi connectivity index (χ3n) is 6.37. The van der Waals surface area contributed by atoms with E-state index in [1.165, 1.54) is 23.3 Å². The highest BCUT2D eigenvalue weighted by Crippen LogP contribution is 2.49. The monoisotopic (exact) mass is 347 g/mol. The summed E-state index contributed by atoms with van der Waals surface area (Å²) in [6.45, 7) is 0.229. The summed E-state index contributed by atoms with van der Waals surface area (Å²) >= 11 is 2.02. The lowest BCUT2D eigenvalue weighted by Crippen LogP contribution is -2.42. The Morgan fingerprint density at radius 1 is 1.33 bits per heavy atom. The van der Waals surface area contributed by atoms with Crippen LogP contribution in [0.4, 0.5) is 0 Å². The summed E-state index contributed by atoms with van der Waals surface area (Å²) in [5.41, 5.74) is 1.79. The van der Waals surface area contributed by atoms with Gasteiger partial charge in [0.15, 0.2) is 6.23 Å². The van der Waals surface area contributed by atoms with Crippen LogP contribution in [-0.4, -0.2) is 29.3 Å². The fraction of sp³-hybridized carbons (Fsp3) is 0.750. The van der Waals surface area contributed by atoms with E-state index in [1.807, 2.05) is 11.8 Å². The van der Waals surface area contributed by atoms with E-state index in [-0.39, 0.29) is 6.23 Å². The zero-order valence-corrected chi connectivity index (χ0v) is 15.1. The summed E-state index contributed by atoms with van der Waals surface area (Å²) in [6.07, 6.45) is 9.34. The molecule has 130 valence electrons. The number of rotatable bonds is 1. The molecular weight excluding hydrogens is 316 g/mol. The third kappa shape index (κ3) is 2.48. The number of nitrogens with one attached hydrogen (secondary N) is 1. The number of ether oxygens (including phenoxy) is 1. The Morgan fingerprint density at radius 3 is 3.21 bits per heavy atom. The molecule has 4 heterocycles. The molecule has 0 saturated carbocycles. The van der Waals surface area contributed by atoms with Gasteiger partial charge in [0.1, 0.15) is 5.76 Å². The van der Waals surface area contributed by atoms with Gasteiger partial charge in [0.25, 0.3) is 0 Å². The predicted molar refractivity (Wildman–Crippen MR) is 100 cm³/mol. The lowest BCUT2D eigenvalue weighted by molar-refractivity contribution is 0.127. The van der Waals surface area contributed by atoms with Crippen molar-refractivity contribution in [2.24, 2.45) is 16.8 Å². The standard InChI is InChI=1S/C20H28N2OS/c1-11-6-7-14-13-4-3-5-15(19(13)23-20(14)21-11)16-8-9-18-17(22-16)10-12(2)24-18/h9,12-14,16-17,20,22H,3-8,10H2,1-2H3/t12?,13?,14?,16?,17-,20?/m1/s1/i1D3. The van der Waals surface area contributed by atoms with E-state index in [2.05, 4.69) is 23.3 Å². The van der Waals surface area contributed by atoms with Gasteiger partial charge in [0.2, 0.25) is 0 Å². The van der Waals surface area contributed by atoms with Crippen molar-refractivity contribution in [3.05, 3.63) is 22.3 Å². The van der Waals surface area contributed by atoms with Crippen LogP contribution in [0.5, 0.6) is 0 Å². The Hall–Kier alpha value is -0.740. The van der Waals surface area contributed by atoms with Gasteiger partial charge in [-0.3, -0.25) is 4.99 Å². The Balaban J connectivity index is 1.41. The minimum Gasteiger partial charge on any atom is -0.472 e. The van der Waals surface area contributed by atoms with Gasteiger partial charge in [-0.1, -0.05) is 13.0 Å². The highest BCUT2D eigenvalue weighted by molar-refractivity contribution is 8.04. The SMILES string of the molecule is [2H]C([2H])([2H])C1=NC2OC3=C(C4CC=C5SC(C)C[C@H]5N4)CCCC3C2CC1. The molecule has 24 heavy (non-hydrogen) atoms. The number of hydrogen-bond acceptors (Lipinski definition) is 4. The summed E-state index contributed by atoms with van der Waals surface area (Å²) in [7, 11) is 0. The largest absolute Gasteiger partial charge is 0.472 e. The van der Waals surface area contributed by atoms with Crippen molar-refractivity contribution >= 4 is 17.5 Å². The molecule has 5 rings (SSSR count). The fourth-order valence-electron chi connectivity index (χ4n) is 5.26. The molecule has 0 radical (unpaired) electrons. The fourth-order valence-corrected chi connectivity index (χ4v) is 6.54. The minimum absolute atomic E-state index is 0.279. The van der Waals surface area contributed by atoms with Gasteiger partial charge in [0, 0.05) is 39.0 Å². The third-order valence-corrected chi connectivity index (χ3v) is 7.69. The zero-order valence-electron chi connectivity index (χ0n) is 17.3. The van der Waals surface area contributed by atoms with E-state index in [4.69, 9.17) is 8.85 Å². The second-order valence-corrected chi connectivity index (χ2v) is 9.46. The smallest absolute Gasteiger partial charge is 0.192 e. The summed E-state index contributed by atoms with van der Waals surface area (Å²) in [5.74, 6) is 1.95. The molecule has 5 aliphatic rings. The van der Waals surface area contributed by atoms with E-state index in [9.17, 15) is 0 Å². The number of aliphatic imine (C=N–C) groups is 1. The summed E-state index contributed by atoms with van der Waals surface area (Å²) in [6, 6.07) is 0.870. The van der Waals surface area contributed by atoms with Crippen LogP contribution in [-0.2, 0) is 4.74 Å². The highest BCUT2D eigenvalue weighted by atomic mass is 32.2. The number of fused-ring (bicyclic) bond motifs is 4. The zero-order chi connectivity index (χ0) is 18.8. The van der Waals surface area contributed by atoms with Crippen LogP contribution in [0.2, 0.25) is 0 Å². The van der Waals surface area contributed by atoms with E-state index in [0.29, 0.717) is 41.3 Å².